The molecule has 2 heterocycles. The highest BCUT2D eigenvalue weighted by molar-refractivity contribution is 5.87. The molecule has 0 unspecified atom stereocenters. The Kier molecular flexibility index (Phi) is 2.76. The van der Waals surface area contributed by atoms with Crippen molar-refractivity contribution in [1.82, 2.24) is 10.3 Å². The van der Waals surface area contributed by atoms with Crippen LogP contribution in [0.4, 0.5) is 5.69 Å². The zero-order valence-corrected chi connectivity index (χ0v) is 9.94. The minimum atomic E-state index is -0.152. The highest BCUT2D eigenvalue weighted by Crippen LogP contribution is 2.25. The molecule has 2 aromatic rings. The Labute approximate surface area is 105 Å². The van der Waals surface area contributed by atoms with Crippen LogP contribution in [0, 0.1) is 0 Å². The Balaban J connectivity index is 1.59. The molecule has 1 amide bonds. The monoisotopic (exact) mass is 241 g/mol. The summed E-state index contributed by atoms with van der Waals surface area (Å²) in [7, 11) is 0. The molecule has 0 saturated carbocycles. The quantitative estimate of drug-likeness (QED) is 0.765. The van der Waals surface area contributed by atoms with Gasteiger partial charge in [0.25, 0.3) is 0 Å². The van der Waals surface area contributed by atoms with E-state index in [0.717, 1.165) is 17.7 Å². The topological polar surface area (TPSA) is 56.9 Å². The molecule has 0 spiro atoms. The molecule has 1 aromatic heterocycles. The van der Waals surface area contributed by atoms with E-state index in [2.05, 4.69) is 21.7 Å². The number of aromatic amines is 1. The molecule has 4 nitrogen and oxygen atoms in total. The van der Waals surface area contributed by atoms with Crippen LogP contribution in [-0.4, -0.2) is 16.9 Å². The van der Waals surface area contributed by atoms with Gasteiger partial charge in [-0.05, 0) is 23.3 Å². The second-order valence-corrected chi connectivity index (χ2v) is 4.50. The molecule has 3 rings (SSSR count). The van der Waals surface area contributed by atoms with Crippen molar-refractivity contribution < 1.29 is 4.79 Å². The lowest BCUT2D eigenvalue weighted by molar-refractivity contribution is -0.121. The molecule has 1 aliphatic rings. The number of hydrogen-bond acceptors (Lipinski definition) is 2. The number of anilines is 1. The van der Waals surface area contributed by atoms with Gasteiger partial charge in [0, 0.05) is 31.0 Å². The SMILES string of the molecule is O=C(NCc1cc[nH]c1)[C@@H]1Cc2ccccc2N1. The first kappa shape index (κ1) is 10.9. The molecular weight excluding hydrogens is 226 g/mol. The van der Waals surface area contributed by atoms with Crippen molar-refractivity contribution in [3.05, 3.63) is 53.9 Å². The molecule has 1 aromatic carbocycles. The second kappa shape index (κ2) is 4.56. The smallest absolute Gasteiger partial charge is 0.243 e. The first-order chi connectivity index (χ1) is 8.83. The van der Waals surface area contributed by atoms with Crippen LogP contribution in [0.15, 0.2) is 42.7 Å². The van der Waals surface area contributed by atoms with Gasteiger partial charge in [0.1, 0.15) is 6.04 Å². The summed E-state index contributed by atoms with van der Waals surface area (Å²) < 4.78 is 0. The maximum Gasteiger partial charge on any atom is 0.243 e. The van der Waals surface area contributed by atoms with Crippen molar-refractivity contribution in [2.45, 2.75) is 19.0 Å². The summed E-state index contributed by atoms with van der Waals surface area (Å²) in [4.78, 5) is 15.0. The highest BCUT2D eigenvalue weighted by Gasteiger charge is 2.25. The van der Waals surface area contributed by atoms with E-state index in [-0.39, 0.29) is 11.9 Å². The Morgan fingerprint density at radius 1 is 1.33 bits per heavy atom. The maximum atomic E-state index is 12.0. The summed E-state index contributed by atoms with van der Waals surface area (Å²) >= 11 is 0. The standard InChI is InChI=1S/C14H15N3O/c18-14(16-9-10-5-6-15-8-10)13-7-11-3-1-2-4-12(11)17-13/h1-6,8,13,15,17H,7,9H2,(H,16,18)/t13-/m0/s1. The summed E-state index contributed by atoms with van der Waals surface area (Å²) in [5.41, 5.74) is 3.36. The highest BCUT2D eigenvalue weighted by atomic mass is 16.2. The van der Waals surface area contributed by atoms with Gasteiger partial charge in [-0.25, -0.2) is 0 Å². The first-order valence-corrected chi connectivity index (χ1v) is 6.07. The van der Waals surface area contributed by atoms with Gasteiger partial charge in [-0.2, -0.15) is 0 Å². The number of para-hydroxylation sites is 1. The van der Waals surface area contributed by atoms with Gasteiger partial charge in [0.15, 0.2) is 0 Å². The molecule has 92 valence electrons. The van der Waals surface area contributed by atoms with Crippen LogP contribution in [0.5, 0.6) is 0 Å². The van der Waals surface area contributed by atoms with Gasteiger partial charge < -0.3 is 15.6 Å². The van der Waals surface area contributed by atoms with Crippen LogP contribution in [-0.2, 0) is 17.8 Å². The number of nitrogens with one attached hydrogen (secondary N) is 3. The molecule has 4 heteroatoms. The summed E-state index contributed by atoms with van der Waals surface area (Å²) in [5.74, 6) is 0.0485. The number of fused-ring (bicyclic) bond motifs is 1. The number of carbonyl (C=O) groups is 1. The molecule has 0 saturated heterocycles. The van der Waals surface area contributed by atoms with E-state index in [1.165, 1.54) is 5.56 Å². The number of H-pyrrole nitrogens is 1. The van der Waals surface area contributed by atoms with Crippen LogP contribution >= 0.6 is 0 Å². The molecule has 3 N–H and O–H groups in total. The lowest BCUT2D eigenvalue weighted by Crippen LogP contribution is -2.37. The zero-order chi connectivity index (χ0) is 12.4. The van der Waals surface area contributed by atoms with Crippen LogP contribution in [0.1, 0.15) is 11.1 Å². The zero-order valence-electron chi connectivity index (χ0n) is 9.94. The van der Waals surface area contributed by atoms with Crippen LogP contribution in [0.25, 0.3) is 0 Å². The van der Waals surface area contributed by atoms with Gasteiger partial charge in [-0.3, -0.25) is 4.79 Å². The Morgan fingerprint density at radius 3 is 3.00 bits per heavy atom. The summed E-state index contributed by atoms with van der Waals surface area (Å²) in [6, 6.07) is 9.85. The lowest BCUT2D eigenvalue weighted by Gasteiger charge is -2.11. The molecule has 0 radical (unpaired) electrons. The van der Waals surface area contributed by atoms with Crippen LogP contribution < -0.4 is 10.6 Å². The molecule has 0 bridgehead atoms. The van der Waals surface area contributed by atoms with E-state index in [9.17, 15) is 4.79 Å². The molecule has 0 fully saturated rings. The largest absolute Gasteiger partial charge is 0.373 e. The molecule has 1 atom stereocenters. The number of benzene rings is 1. The third-order valence-corrected chi connectivity index (χ3v) is 3.22. The van der Waals surface area contributed by atoms with Gasteiger partial charge >= 0.3 is 0 Å². The van der Waals surface area contributed by atoms with Crippen LogP contribution in [0.3, 0.4) is 0 Å². The molecule has 0 aliphatic carbocycles. The van der Waals surface area contributed by atoms with E-state index in [1.807, 2.05) is 36.7 Å². The van der Waals surface area contributed by atoms with E-state index < -0.39 is 0 Å². The number of aromatic nitrogens is 1. The summed E-state index contributed by atoms with van der Waals surface area (Å²) in [6.45, 7) is 0.566. The Morgan fingerprint density at radius 2 is 2.22 bits per heavy atom. The third kappa shape index (κ3) is 2.09. The van der Waals surface area contributed by atoms with Gasteiger partial charge in [0.2, 0.25) is 5.91 Å². The van der Waals surface area contributed by atoms with Gasteiger partial charge in [-0.15, -0.1) is 0 Å². The number of rotatable bonds is 3. The third-order valence-electron chi connectivity index (χ3n) is 3.22. The fourth-order valence-electron chi connectivity index (χ4n) is 2.24. The minimum Gasteiger partial charge on any atom is -0.373 e. The average Bonchev–Trinajstić information content (AvgIpc) is 3.04. The maximum absolute atomic E-state index is 12.0. The predicted octanol–water partition coefficient (Wildman–Crippen LogP) is 1.67. The first-order valence-electron chi connectivity index (χ1n) is 6.07. The molecular formula is C14H15N3O. The summed E-state index contributed by atoms with van der Waals surface area (Å²) in [5, 5.41) is 6.18. The van der Waals surface area contributed by atoms with E-state index in [1.54, 1.807) is 0 Å². The van der Waals surface area contributed by atoms with Gasteiger partial charge in [0.05, 0.1) is 0 Å². The minimum absolute atomic E-state index is 0.0485. The van der Waals surface area contributed by atoms with Crippen molar-refractivity contribution in [3.8, 4) is 0 Å². The van der Waals surface area contributed by atoms with E-state index in [0.29, 0.717) is 6.54 Å². The fourth-order valence-corrected chi connectivity index (χ4v) is 2.24. The van der Waals surface area contributed by atoms with Crippen LogP contribution in [0.2, 0.25) is 0 Å². The van der Waals surface area contributed by atoms with Crippen molar-refractivity contribution >= 4 is 11.6 Å². The lowest BCUT2D eigenvalue weighted by atomic mass is 10.1. The van der Waals surface area contributed by atoms with Crippen molar-refractivity contribution in [3.63, 3.8) is 0 Å². The molecule has 1 aliphatic heterocycles. The number of carbonyl (C=O) groups excluding carboxylic acids is 1. The van der Waals surface area contributed by atoms with Crippen molar-refractivity contribution in [2.24, 2.45) is 0 Å². The normalized spacial score (nSPS) is 17.0. The Hall–Kier alpha value is -2.23. The second-order valence-electron chi connectivity index (χ2n) is 4.50. The fraction of sp³-hybridized carbons (Fsp3) is 0.214. The predicted molar refractivity (Wildman–Crippen MR) is 70.2 cm³/mol. The Bertz CT molecular complexity index is 523. The molecule has 18 heavy (non-hydrogen) atoms. The van der Waals surface area contributed by atoms with E-state index in [4.69, 9.17) is 0 Å². The van der Waals surface area contributed by atoms with Crippen molar-refractivity contribution in [1.29, 1.82) is 0 Å². The summed E-state index contributed by atoms with van der Waals surface area (Å²) in [6.07, 6.45) is 4.50. The number of hydrogen-bond donors (Lipinski definition) is 3. The average molecular weight is 241 g/mol. The van der Waals surface area contributed by atoms with Crippen molar-refractivity contribution in [2.75, 3.05) is 5.32 Å². The number of amides is 1. The van der Waals surface area contributed by atoms with Gasteiger partial charge in [-0.1, -0.05) is 18.2 Å². The van der Waals surface area contributed by atoms with E-state index >= 15 is 0 Å².